The Morgan fingerprint density at radius 1 is 1.06 bits per heavy atom. The van der Waals surface area contributed by atoms with E-state index in [-0.39, 0.29) is 12.4 Å². The van der Waals surface area contributed by atoms with E-state index in [0.29, 0.717) is 6.61 Å². The molecule has 0 fully saturated rings. The standard InChI is InChI=1S/C11H16O5/c1-3-4-7-15-10(13)5-6-11(14)16-8-9(2)12/h5-6H,3-4,7-8H2,1-2H3/b6-5+. The summed E-state index contributed by atoms with van der Waals surface area (Å²) in [6.07, 6.45) is 3.64. The molecule has 0 unspecified atom stereocenters. The summed E-state index contributed by atoms with van der Waals surface area (Å²) >= 11 is 0. The zero-order valence-corrected chi connectivity index (χ0v) is 9.52. The molecule has 0 aromatic carbocycles. The van der Waals surface area contributed by atoms with Gasteiger partial charge in [0.25, 0.3) is 0 Å². The molecule has 0 aromatic rings. The number of ether oxygens (including phenoxy) is 2. The molecule has 0 aliphatic heterocycles. The van der Waals surface area contributed by atoms with E-state index in [1.165, 1.54) is 6.92 Å². The van der Waals surface area contributed by atoms with E-state index < -0.39 is 11.9 Å². The van der Waals surface area contributed by atoms with E-state index in [0.717, 1.165) is 25.0 Å². The molecule has 5 heteroatoms. The maximum absolute atomic E-state index is 11.0. The Balaban J connectivity index is 3.75. The van der Waals surface area contributed by atoms with Crippen molar-refractivity contribution >= 4 is 17.7 Å². The zero-order valence-electron chi connectivity index (χ0n) is 9.52. The summed E-state index contributed by atoms with van der Waals surface area (Å²) < 4.78 is 9.25. The highest BCUT2D eigenvalue weighted by Crippen LogP contribution is 1.90. The van der Waals surface area contributed by atoms with Crippen LogP contribution in [-0.2, 0) is 23.9 Å². The lowest BCUT2D eigenvalue weighted by Crippen LogP contribution is -2.09. The molecule has 0 aliphatic carbocycles. The van der Waals surface area contributed by atoms with Crippen LogP contribution in [0.3, 0.4) is 0 Å². The number of rotatable bonds is 7. The molecule has 0 spiro atoms. The summed E-state index contributed by atoms with van der Waals surface area (Å²) in [6.45, 7) is 3.33. The van der Waals surface area contributed by atoms with Gasteiger partial charge in [-0.05, 0) is 13.3 Å². The molecule has 0 radical (unpaired) electrons. The minimum absolute atomic E-state index is 0.257. The summed E-state index contributed by atoms with van der Waals surface area (Å²) in [7, 11) is 0. The highest BCUT2D eigenvalue weighted by Gasteiger charge is 2.01. The third-order valence-corrected chi connectivity index (χ3v) is 1.52. The maximum atomic E-state index is 11.0. The van der Waals surface area contributed by atoms with Crippen LogP contribution in [0, 0.1) is 0 Å². The fourth-order valence-electron chi connectivity index (χ4n) is 0.722. The predicted octanol–water partition coefficient (Wildman–Crippen LogP) is 1.02. The van der Waals surface area contributed by atoms with Crippen molar-refractivity contribution in [3.05, 3.63) is 12.2 Å². The normalized spacial score (nSPS) is 10.1. The van der Waals surface area contributed by atoms with Gasteiger partial charge in [-0.2, -0.15) is 0 Å². The molecule has 0 bridgehead atoms. The van der Waals surface area contributed by atoms with Crippen LogP contribution in [0.15, 0.2) is 12.2 Å². The van der Waals surface area contributed by atoms with Gasteiger partial charge in [0.1, 0.15) is 6.61 Å². The second kappa shape index (κ2) is 8.64. The topological polar surface area (TPSA) is 69.7 Å². The number of Topliss-reactive ketones (excluding diaryl/α,β-unsaturated/α-hetero) is 1. The average molecular weight is 228 g/mol. The van der Waals surface area contributed by atoms with E-state index in [1.807, 2.05) is 6.92 Å². The first-order chi connectivity index (χ1) is 7.56. The summed E-state index contributed by atoms with van der Waals surface area (Å²) in [5, 5.41) is 0. The minimum Gasteiger partial charge on any atom is -0.463 e. The molecule has 0 aliphatic rings. The van der Waals surface area contributed by atoms with Crippen LogP contribution in [0.2, 0.25) is 0 Å². The molecule has 16 heavy (non-hydrogen) atoms. The van der Waals surface area contributed by atoms with Gasteiger partial charge in [0, 0.05) is 12.2 Å². The summed E-state index contributed by atoms with van der Waals surface area (Å²) in [6, 6.07) is 0. The molecule has 0 rings (SSSR count). The van der Waals surface area contributed by atoms with E-state index >= 15 is 0 Å². The highest BCUT2D eigenvalue weighted by molar-refractivity contribution is 5.92. The Bertz CT molecular complexity index is 280. The van der Waals surface area contributed by atoms with Crippen molar-refractivity contribution in [3.8, 4) is 0 Å². The second-order valence-corrected chi connectivity index (χ2v) is 3.16. The Labute approximate surface area is 94.4 Å². The first kappa shape index (κ1) is 14.3. The molecule has 0 N–H and O–H groups in total. The van der Waals surface area contributed by atoms with E-state index in [1.54, 1.807) is 0 Å². The zero-order chi connectivity index (χ0) is 12.4. The van der Waals surface area contributed by atoms with Crippen molar-refractivity contribution in [2.75, 3.05) is 13.2 Å². The van der Waals surface area contributed by atoms with Crippen molar-refractivity contribution in [1.29, 1.82) is 0 Å². The molecule has 0 saturated heterocycles. The molecular formula is C11H16O5. The minimum atomic E-state index is -0.734. The van der Waals surface area contributed by atoms with Gasteiger partial charge in [-0.1, -0.05) is 13.3 Å². The molecule has 0 saturated carbocycles. The van der Waals surface area contributed by atoms with Crippen LogP contribution in [0.25, 0.3) is 0 Å². The van der Waals surface area contributed by atoms with Gasteiger partial charge in [-0.15, -0.1) is 0 Å². The highest BCUT2D eigenvalue weighted by atomic mass is 16.5. The van der Waals surface area contributed by atoms with Gasteiger partial charge >= 0.3 is 11.9 Å². The van der Waals surface area contributed by atoms with Crippen LogP contribution in [0.5, 0.6) is 0 Å². The maximum Gasteiger partial charge on any atom is 0.331 e. The molecule has 0 heterocycles. The Morgan fingerprint density at radius 2 is 1.62 bits per heavy atom. The van der Waals surface area contributed by atoms with Crippen molar-refractivity contribution < 1.29 is 23.9 Å². The van der Waals surface area contributed by atoms with Crippen molar-refractivity contribution in [2.45, 2.75) is 26.7 Å². The number of hydrogen-bond donors (Lipinski definition) is 0. The number of carbonyl (C=O) groups is 3. The number of unbranched alkanes of at least 4 members (excludes halogenated alkanes) is 1. The first-order valence-corrected chi connectivity index (χ1v) is 5.07. The van der Waals surface area contributed by atoms with Crippen molar-refractivity contribution in [1.82, 2.24) is 0 Å². The Kier molecular flexibility index (Phi) is 7.75. The molecule has 0 amide bonds. The van der Waals surface area contributed by atoms with Crippen molar-refractivity contribution in [2.24, 2.45) is 0 Å². The number of hydrogen-bond acceptors (Lipinski definition) is 5. The van der Waals surface area contributed by atoms with Crippen LogP contribution in [-0.4, -0.2) is 30.9 Å². The number of carbonyl (C=O) groups excluding carboxylic acids is 3. The van der Waals surface area contributed by atoms with Crippen LogP contribution < -0.4 is 0 Å². The largest absolute Gasteiger partial charge is 0.463 e. The fraction of sp³-hybridized carbons (Fsp3) is 0.545. The monoisotopic (exact) mass is 228 g/mol. The number of ketones is 1. The van der Waals surface area contributed by atoms with E-state index in [4.69, 9.17) is 4.74 Å². The quantitative estimate of drug-likeness (QED) is 0.369. The van der Waals surface area contributed by atoms with E-state index in [2.05, 4.69) is 4.74 Å². The predicted molar refractivity (Wildman–Crippen MR) is 56.6 cm³/mol. The van der Waals surface area contributed by atoms with Crippen LogP contribution in [0.1, 0.15) is 26.7 Å². The summed E-state index contributed by atoms with van der Waals surface area (Å²) in [5.41, 5.74) is 0. The smallest absolute Gasteiger partial charge is 0.331 e. The lowest BCUT2D eigenvalue weighted by atomic mass is 10.4. The lowest BCUT2D eigenvalue weighted by molar-refractivity contribution is -0.143. The number of esters is 2. The van der Waals surface area contributed by atoms with Gasteiger partial charge in [0.05, 0.1) is 6.61 Å². The Hall–Kier alpha value is -1.65. The molecule has 5 nitrogen and oxygen atoms in total. The second-order valence-electron chi connectivity index (χ2n) is 3.16. The SMILES string of the molecule is CCCCOC(=O)/C=C/C(=O)OCC(C)=O. The third kappa shape index (κ3) is 8.93. The summed E-state index contributed by atoms with van der Waals surface area (Å²) in [4.78, 5) is 32.4. The van der Waals surface area contributed by atoms with Gasteiger partial charge in [-0.25, -0.2) is 9.59 Å². The third-order valence-electron chi connectivity index (χ3n) is 1.52. The fourth-order valence-corrected chi connectivity index (χ4v) is 0.722. The average Bonchev–Trinajstić information content (AvgIpc) is 2.24. The lowest BCUT2D eigenvalue weighted by Gasteiger charge is -1.99. The molecule has 0 atom stereocenters. The molecule has 90 valence electrons. The molecular weight excluding hydrogens is 212 g/mol. The van der Waals surface area contributed by atoms with Gasteiger partial charge < -0.3 is 9.47 Å². The van der Waals surface area contributed by atoms with Crippen LogP contribution in [0.4, 0.5) is 0 Å². The van der Waals surface area contributed by atoms with E-state index in [9.17, 15) is 14.4 Å². The van der Waals surface area contributed by atoms with Crippen LogP contribution >= 0.6 is 0 Å². The molecule has 0 aromatic heterocycles. The first-order valence-electron chi connectivity index (χ1n) is 5.07. The van der Waals surface area contributed by atoms with Gasteiger partial charge in [0.2, 0.25) is 0 Å². The summed E-state index contributed by atoms with van der Waals surface area (Å²) in [5.74, 6) is -1.58. The Morgan fingerprint density at radius 3 is 2.12 bits per heavy atom. The van der Waals surface area contributed by atoms with Crippen molar-refractivity contribution in [3.63, 3.8) is 0 Å². The van der Waals surface area contributed by atoms with Gasteiger partial charge in [-0.3, -0.25) is 4.79 Å². The van der Waals surface area contributed by atoms with Gasteiger partial charge in [0.15, 0.2) is 5.78 Å².